The highest BCUT2D eigenvalue weighted by Gasteiger charge is 2.43. The summed E-state index contributed by atoms with van der Waals surface area (Å²) in [6, 6.07) is 70.3. The average Bonchev–Trinajstić information content (AvgIpc) is 3.98. The highest BCUT2D eigenvalue weighted by molar-refractivity contribution is 7.00. The summed E-state index contributed by atoms with van der Waals surface area (Å²) in [6.45, 7) is -2.74. The van der Waals surface area contributed by atoms with Crippen LogP contribution >= 0.6 is 0 Å². The van der Waals surface area contributed by atoms with Gasteiger partial charge in [0.15, 0.2) is 0 Å². The van der Waals surface area contributed by atoms with Gasteiger partial charge in [-0.05, 0) is 132 Å². The zero-order chi connectivity index (χ0) is 51.8. The molecular formula is C61H45BN6O. The van der Waals surface area contributed by atoms with Crippen molar-refractivity contribution in [3.05, 3.63) is 248 Å². The summed E-state index contributed by atoms with van der Waals surface area (Å²) in [5.74, 6) is 1.85. The van der Waals surface area contributed by atoms with E-state index in [1.54, 1.807) is 4.90 Å². The molecule has 3 aliphatic rings. The maximum atomic E-state index is 8.93. The molecule has 1 aromatic heterocycles. The summed E-state index contributed by atoms with van der Waals surface area (Å²) in [5, 5.41) is 0. The second-order valence-corrected chi connectivity index (χ2v) is 17.1. The van der Waals surface area contributed by atoms with E-state index in [1.807, 2.05) is 96.0 Å². The zero-order valence-corrected chi connectivity index (χ0v) is 37.2. The highest BCUT2D eigenvalue weighted by atomic mass is 16.5. The summed E-state index contributed by atoms with van der Waals surface area (Å²) in [6.07, 6.45) is 1.81. The second-order valence-electron chi connectivity index (χ2n) is 17.1. The van der Waals surface area contributed by atoms with E-state index >= 15 is 0 Å². The van der Waals surface area contributed by atoms with Crippen LogP contribution in [0.25, 0.3) is 0 Å². The van der Waals surface area contributed by atoms with Crippen LogP contribution in [0.1, 0.15) is 15.2 Å². The van der Waals surface area contributed by atoms with Gasteiger partial charge in [-0.2, -0.15) is 0 Å². The summed E-state index contributed by atoms with van der Waals surface area (Å²) in [4.78, 5) is 15.6. The zero-order valence-electron chi connectivity index (χ0n) is 44.2. The van der Waals surface area contributed by atoms with E-state index in [1.165, 1.54) is 16.4 Å². The molecule has 328 valence electrons. The molecule has 0 fully saturated rings. The Morgan fingerprint density at radius 1 is 0.478 bits per heavy atom. The average molecular weight is 896 g/mol. The van der Waals surface area contributed by atoms with Gasteiger partial charge < -0.3 is 24.3 Å². The van der Waals surface area contributed by atoms with Gasteiger partial charge >= 0.3 is 0 Å². The van der Waals surface area contributed by atoms with Crippen molar-refractivity contribution in [2.75, 3.05) is 31.2 Å². The third-order valence-electron chi connectivity index (χ3n) is 13.1. The van der Waals surface area contributed by atoms with Crippen LogP contribution in [0.2, 0.25) is 0 Å². The van der Waals surface area contributed by atoms with E-state index in [0.29, 0.717) is 23.0 Å². The quantitative estimate of drug-likeness (QED) is 0.134. The Morgan fingerprint density at radius 2 is 1.01 bits per heavy atom. The van der Waals surface area contributed by atoms with E-state index in [2.05, 4.69) is 142 Å². The number of rotatable bonds is 9. The summed E-state index contributed by atoms with van der Waals surface area (Å²) in [7, 11) is 0. The Morgan fingerprint density at radius 3 is 1.62 bits per heavy atom. The first-order valence-electron chi connectivity index (χ1n) is 26.4. The van der Waals surface area contributed by atoms with Crippen LogP contribution in [0.5, 0.6) is 11.5 Å². The van der Waals surface area contributed by atoms with Crippen LogP contribution in [0, 0.1) is 6.85 Å². The number of hydrogen-bond donors (Lipinski definition) is 0. The summed E-state index contributed by atoms with van der Waals surface area (Å²) in [5.41, 5.74) is 13.3. The standard InChI is InChI=1S/C61H45BN6O/c1-43-33-35-44(36-34-43)64-42-65(57-31-13-12-30-56(57)64)47-22-16-24-50(38-47)69-51-25-17-23-48(39-51)66(60-32-14-15-37-63-60)49-40-58-61-59(41-49)68(46-20-6-3-7-21-46)55-29-11-9-27-53(55)62(61)52-26-8-10-28-54(52)67(58)45-18-4-2-5-19-45/h2-41H,42H2,1H3/i1D3,33D,34D,35D,36D. The molecule has 0 amide bonds. The summed E-state index contributed by atoms with van der Waals surface area (Å²) < 4.78 is 65.8. The Kier molecular flexibility index (Phi) is 8.10. The largest absolute Gasteiger partial charge is 0.457 e. The highest BCUT2D eigenvalue weighted by Crippen LogP contribution is 2.49. The van der Waals surface area contributed by atoms with Crippen LogP contribution in [-0.2, 0) is 0 Å². The number of aromatic nitrogens is 1. The van der Waals surface area contributed by atoms with E-state index in [0.717, 1.165) is 56.9 Å². The molecule has 13 rings (SSSR count). The van der Waals surface area contributed by atoms with Crippen LogP contribution in [0.3, 0.4) is 0 Å². The van der Waals surface area contributed by atoms with E-state index in [4.69, 9.17) is 19.3 Å². The number of fused-ring (bicyclic) bond motifs is 5. The first-order valence-corrected chi connectivity index (χ1v) is 22.9. The van der Waals surface area contributed by atoms with Gasteiger partial charge in [0.25, 0.3) is 6.71 Å². The number of pyridine rings is 1. The van der Waals surface area contributed by atoms with Crippen molar-refractivity contribution < 1.29 is 14.3 Å². The lowest BCUT2D eigenvalue weighted by Crippen LogP contribution is -2.61. The Labute approximate surface area is 412 Å². The molecular weight excluding hydrogens is 844 g/mol. The van der Waals surface area contributed by atoms with Crippen molar-refractivity contribution in [3.63, 3.8) is 0 Å². The van der Waals surface area contributed by atoms with Gasteiger partial charge in [-0.15, -0.1) is 0 Å². The van der Waals surface area contributed by atoms with Gasteiger partial charge in [-0.1, -0.05) is 121 Å². The van der Waals surface area contributed by atoms with Crippen molar-refractivity contribution in [3.8, 4) is 11.5 Å². The molecule has 0 bridgehead atoms. The fraction of sp³-hybridized carbons (Fsp3) is 0.0328. The third kappa shape index (κ3) is 6.96. The monoisotopic (exact) mass is 895 g/mol. The normalized spacial score (nSPS) is 14.7. The molecule has 0 atom stereocenters. The molecule has 9 aromatic carbocycles. The Hall–Kier alpha value is -9.01. The summed E-state index contributed by atoms with van der Waals surface area (Å²) >= 11 is 0. The molecule has 0 N–H and O–H groups in total. The number of anilines is 13. The first-order chi connectivity index (χ1) is 37.0. The van der Waals surface area contributed by atoms with E-state index in [9.17, 15) is 0 Å². The van der Waals surface area contributed by atoms with Crippen LogP contribution in [0.4, 0.5) is 74.1 Å². The molecule has 0 radical (unpaired) electrons. The first kappa shape index (κ1) is 33.5. The minimum Gasteiger partial charge on any atom is -0.457 e. The maximum Gasteiger partial charge on any atom is 0.252 e. The predicted octanol–water partition coefficient (Wildman–Crippen LogP) is 14.0. The third-order valence-corrected chi connectivity index (χ3v) is 13.1. The minimum atomic E-state index is -2.82. The van der Waals surface area contributed by atoms with Crippen molar-refractivity contribution in [2.45, 2.75) is 6.85 Å². The lowest BCUT2D eigenvalue weighted by atomic mass is 9.33. The molecule has 69 heavy (non-hydrogen) atoms. The molecule has 7 nitrogen and oxygen atoms in total. The molecule has 0 aliphatic carbocycles. The van der Waals surface area contributed by atoms with Crippen LogP contribution in [0.15, 0.2) is 243 Å². The molecule has 3 aliphatic heterocycles. The number of para-hydroxylation sites is 6. The molecule has 0 saturated carbocycles. The van der Waals surface area contributed by atoms with Gasteiger partial charge in [-0.25, -0.2) is 4.98 Å². The van der Waals surface area contributed by atoms with Crippen molar-refractivity contribution in [1.29, 1.82) is 0 Å². The fourth-order valence-corrected chi connectivity index (χ4v) is 10.2. The molecule has 8 heteroatoms. The number of ether oxygens (including phenoxy) is 1. The molecule has 10 aromatic rings. The minimum absolute atomic E-state index is 0.00200. The van der Waals surface area contributed by atoms with Crippen LogP contribution < -0.4 is 45.6 Å². The van der Waals surface area contributed by atoms with Gasteiger partial charge in [-0.3, -0.25) is 4.90 Å². The number of benzene rings is 9. The molecule has 0 spiro atoms. The number of hydrogen-bond acceptors (Lipinski definition) is 7. The van der Waals surface area contributed by atoms with Crippen molar-refractivity contribution in [2.24, 2.45) is 0 Å². The van der Waals surface area contributed by atoms with E-state index < -0.39 is 36.6 Å². The fourth-order valence-electron chi connectivity index (χ4n) is 10.2. The smallest absolute Gasteiger partial charge is 0.252 e. The molecule has 4 heterocycles. The predicted molar refractivity (Wildman–Crippen MR) is 286 cm³/mol. The molecule has 0 unspecified atom stereocenters. The van der Waals surface area contributed by atoms with Gasteiger partial charge in [0.2, 0.25) is 0 Å². The van der Waals surface area contributed by atoms with Gasteiger partial charge in [0.1, 0.15) is 24.0 Å². The number of nitrogens with zero attached hydrogens (tertiary/aromatic N) is 6. The van der Waals surface area contributed by atoms with Crippen molar-refractivity contribution in [1.82, 2.24) is 4.98 Å². The molecule has 0 saturated heterocycles. The van der Waals surface area contributed by atoms with E-state index in [-0.39, 0.29) is 19.1 Å². The maximum absolute atomic E-state index is 8.93. The topological polar surface area (TPSA) is 38.3 Å². The van der Waals surface area contributed by atoms with Gasteiger partial charge in [0, 0.05) is 67.9 Å². The van der Waals surface area contributed by atoms with Crippen molar-refractivity contribution >= 4 is 97.2 Å². The van der Waals surface area contributed by atoms with Gasteiger partial charge in [0.05, 0.1) is 28.2 Å². The second kappa shape index (κ2) is 16.7. The lowest BCUT2D eigenvalue weighted by molar-refractivity contribution is 0.483. The Balaban J connectivity index is 0.916. The Bertz CT molecular complexity index is 3750. The SMILES string of the molecule is [2H]c1c([2H])c(C([2H])([2H])[2H])c([2H])c([2H])c1N1CN(c2cccc(Oc3cccc(N(c4cc5c6c(c4)N(c4ccccc4)c4ccccc4B6c4ccccc4N5c4ccccc4)c4ccccn4)c3)c2)c2ccccc21. The van der Waals surface area contributed by atoms with Crippen LogP contribution in [-0.4, -0.2) is 18.4 Å². The lowest BCUT2D eigenvalue weighted by Gasteiger charge is -2.44.